The van der Waals surface area contributed by atoms with Gasteiger partial charge in [0.15, 0.2) is 0 Å². The van der Waals surface area contributed by atoms with Gasteiger partial charge in [-0.2, -0.15) is 0 Å². The highest BCUT2D eigenvalue weighted by Gasteiger charge is 2.11. The maximum absolute atomic E-state index is 11.8. The monoisotopic (exact) mass is 386 g/mol. The van der Waals surface area contributed by atoms with E-state index in [0.29, 0.717) is 17.4 Å². The summed E-state index contributed by atoms with van der Waals surface area (Å²) in [5.74, 6) is 0.842. The van der Waals surface area contributed by atoms with Gasteiger partial charge in [0.25, 0.3) is 0 Å². The van der Waals surface area contributed by atoms with Gasteiger partial charge in [-0.25, -0.2) is 9.97 Å². The van der Waals surface area contributed by atoms with Crippen LogP contribution in [-0.4, -0.2) is 35.9 Å². The predicted octanol–water partition coefficient (Wildman–Crippen LogP) is 4.55. The van der Waals surface area contributed by atoms with Crippen LogP contribution in [0.5, 0.6) is 5.75 Å². The molecule has 6 nitrogen and oxygen atoms in total. The summed E-state index contributed by atoms with van der Waals surface area (Å²) in [5, 5.41) is 7.58. The quantitative estimate of drug-likeness (QED) is 0.629. The van der Waals surface area contributed by atoms with Crippen LogP contribution in [0.25, 0.3) is 22.0 Å². The van der Waals surface area contributed by atoms with Gasteiger partial charge in [0.1, 0.15) is 11.6 Å². The molecule has 0 fully saturated rings. The minimum absolute atomic E-state index is 0.118. The van der Waals surface area contributed by atoms with Crippen molar-refractivity contribution in [2.24, 2.45) is 0 Å². The van der Waals surface area contributed by atoms with Crippen LogP contribution in [0.2, 0.25) is 0 Å². The molecule has 142 valence electrons. The molecule has 0 aliphatic heterocycles. The van der Waals surface area contributed by atoms with Crippen LogP contribution in [0.4, 0.5) is 11.6 Å². The van der Waals surface area contributed by atoms with Crippen molar-refractivity contribution in [2.45, 2.75) is 13.8 Å². The number of amides is 1. The third-order valence-electron chi connectivity index (χ3n) is 3.73. The molecule has 3 aromatic rings. The number of nitrogens with one attached hydrogen (secondary N) is 2. The molecule has 2 N–H and O–H groups in total. The number of methoxy groups -OCH3 is 1. The third-order valence-corrected chi connectivity index (χ3v) is 3.97. The lowest BCUT2D eigenvalue weighted by atomic mass is 10.0. The number of aromatic nitrogens is 2. The van der Waals surface area contributed by atoms with Crippen molar-refractivity contribution < 1.29 is 9.53 Å². The minimum Gasteiger partial charge on any atom is -0.497 e. The summed E-state index contributed by atoms with van der Waals surface area (Å²) in [7, 11) is 3.37. The largest absolute Gasteiger partial charge is 0.497 e. The van der Waals surface area contributed by atoms with Crippen LogP contribution in [0.15, 0.2) is 42.6 Å². The molecular weight excluding hydrogens is 364 g/mol. The highest BCUT2D eigenvalue weighted by Crippen LogP contribution is 2.33. The molecule has 0 aliphatic carbocycles. The highest BCUT2D eigenvalue weighted by atomic mass is 35.5. The molecule has 0 atom stereocenters. The molecule has 2 aromatic carbocycles. The molecule has 0 radical (unpaired) electrons. The second kappa shape index (κ2) is 9.73. The van der Waals surface area contributed by atoms with Crippen LogP contribution < -0.4 is 15.4 Å². The number of benzene rings is 2. The summed E-state index contributed by atoms with van der Waals surface area (Å²) in [6, 6.07) is 11.4. The standard InChI is InChI=1S/C18H17ClN4O2.C2H6/c1-20-18-21-6-5-15(23-18)12-7-11-3-4-13(25-2)9-14(11)16(8-12)22-17(24)10-19;1-2/h3-9H,10H2,1-2H3,(H,22,24)(H,20,21,23);1-2H3. The summed E-state index contributed by atoms with van der Waals surface area (Å²) >= 11 is 5.64. The Morgan fingerprint density at radius 1 is 1.19 bits per heavy atom. The number of alkyl halides is 1. The highest BCUT2D eigenvalue weighted by molar-refractivity contribution is 6.29. The van der Waals surface area contributed by atoms with Crippen molar-refractivity contribution in [3.63, 3.8) is 0 Å². The number of anilines is 2. The Morgan fingerprint density at radius 2 is 1.96 bits per heavy atom. The van der Waals surface area contributed by atoms with Crippen LogP contribution in [0.1, 0.15) is 13.8 Å². The zero-order valence-electron chi connectivity index (χ0n) is 15.8. The van der Waals surface area contributed by atoms with Gasteiger partial charge < -0.3 is 15.4 Å². The summed E-state index contributed by atoms with van der Waals surface area (Å²) in [5.41, 5.74) is 2.27. The Kier molecular flexibility index (Phi) is 7.37. The second-order valence-corrected chi connectivity index (χ2v) is 5.58. The second-order valence-electron chi connectivity index (χ2n) is 5.31. The van der Waals surface area contributed by atoms with Crippen LogP contribution in [0.3, 0.4) is 0 Å². The lowest BCUT2D eigenvalue weighted by molar-refractivity contribution is -0.113. The first-order chi connectivity index (χ1) is 13.1. The zero-order chi connectivity index (χ0) is 19.8. The normalized spacial score (nSPS) is 9.96. The van der Waals surface area contributed by atoms with Crippen molar-refractivity contribution in [1.29, 1.82) is 0 Å². The van der Waals surface area contributed by atoms with Crippen molar-refractivity contribution in [3.8, 4) is 17.0 Å². The summed E-state index contributed by atoms with van der Waals surface area (Å²) < 4.78 is 5.29. The number of hydrogen-bond donors (Lipinski definition) is 2. The van der Waals surface area contributed by atoms with E-state index in [-0.39, 0.29) is 11.8 Å². The Balaban J connectivity index is 0.00000126. The Bertz CT molecular complexity index is 931. The fraction of sp³-hybridized carbons (Fsp3) is 0.250. The van der Waals surface area contributed by atoms with Crippen LogP contribution in [-0.2, 0) is 4.79 Å². The summed E-state index contributed by atoms with van der Waals surface area (Å²) in [6.07, 6.45) is 1.68. The molecule has 0 saturated heterocycles. The molecule has 0 spiro atoms. The van der Waals surface area contributed by atoms with Gasteiger partial charge in [0.05, 0.1) is 12.8 Å². The number of carbonyl (C=O) groups excluding carboxylic acids is 1. The SMILES string of the molecule is CC.CNc1nccc(-c2cc(NC(=O)CCl)c3cc(OC)ccc3c2)n1. The number of ether oxygens (including phenoxy) is 1. The fourth-order valence-corrected chi connectivity index (χ4v) is 2.61. The molecule has 1 aromatic heterocycles. The molecule has 1 amide bonds. The Hall–Kier alpha value is -2.86. The van der Waals surface area contributed by atoms with Gasteiger partial charge in [-0.1, -0.05) is 19.9 Å². The molecule has 0 saturated carbocycles. The van der Waals surface area contributed by atoms with Crippen LogP contribution in [0, 0.1) is 0 Å². The topological polar surface area (TPSA) is 76.1 Å². The molecule has 0 aliphatic rings. The van der Waals surface area contributed by atoms with Crippen molar-refractivity contribution in [1.82, 2.24) is 9.97 Å². The van der Waals surface area contributed by atoms with E-state index in [4.69, 9.17) is 16.3 Å². The molecule has 27 heavy (non-hydrogen) atoms. The van der Waals surface area contributed by atoms with E-state index in [1.807, 2.05) is 50.2 Å². The van der Waals surface area contributed by atoms with Crippen LogP contribution >= 0.6 is 11.6 Å². The van der Waals surface area contributed by atoms with Gasteiger partial charge in [0.2, 0.25) is 11.9 Å². The molecular formula is C20H23ClN4O2. The first-order valence-electron chi connectivity index (χ1n) is 8.63. The maximum Gasteiger partial charge on any atom is 0.239 e. The van der Waals surface area contributed by atoms with Gasteiger partial charge in [0, 0.05) is 29.9 Å². The third kappa shape index (κ3) is 4.86. The summed E-state index contributed by atoms with van der Waals surface area (Å²) in [6.45, 7) is 4.00. The zero-order valence-corrected chi connectivity index (χ0v) is 16.6. The molecule has 0 unspecified atom stereocenters. The lowest BCUT2D eigenvalue weighted by Gasteiger charge is -2.12. The first kappa shape index (κ1) is 20.5. The van der Waals surface area contributed by atoms with Crippen molar-refractivity contribution in [2.75, 3.05) is 30.7 Å². The van der Waals surface area contributed by atoms with Crippen molar-refractivity contribution in [3.05, 3.63) is 42.6 Å². The smallest absolute Gasteiger partial charge is 0.239 e. The van der Waals surface area contributed by atoms with E-state index in [1.165, 1.54) is 0 Å². The lowest BCUT2D eigenvalue weighted by Crippen LogP contribution is -2.13. The molecule has 1 heterocycles. The predicted molar refractivity (Wildman–Crippen MR) is 112 cm³/mol. The van der Waals surface area contributed by atoms with E-state index in [0.717, 1.165) is 22.0 Å². The Labute approximate surface area is 163 Å². The molecule has 7 heteroatoms. The van der Waals surface area contributed by atoms with Gasteiger partial charge in [-0.05, 0) is 35.7 Å². The number of halogens is 1. The van der Waals surface area contributed by atoms with Gasteiger partial charge >= 0.3 is 0 Å². The van der Waals surface area contributed by atoms with E-state index in [1.54, 1.807) is 20.4 Å². The molecule has 3 rings (SSSR count). The van der Waals surface area contributed by atoms with E-state index in [2.05, 4.69) is 20.6 Å². The van der Waals surface area contributed by atoms with Gasteiger partial charge in [-0.3, -0.25) is 4.79 Å². The van der Waals surface area contributed by atoms with Crippen molar-refractivity contribution >= 4 is 39.9 Å². The fourth-order valence-electron chi connectivity index (χ4n) is 2.54. The first-order valence-corrected chi connectivity index (χ1v) is 9.17. The number of hydrogen-bond acceptors (Lipinski definition) is 5. The van der Waals surface area contributed by atoms with Gasteiger partial charge in [-0.15, -0.1) is 11.6 Å². The summed E-state index contributed by atoms with van der Waals surface area (Å²) in [4.78, 5) is 20.4. The maximum atomic E-state index is 11.8. The van der Waals surface area contributed by atoms with E-state index in [9.17, 15) is 4.79 Å². The minimum atomic E-state index is -0.276. The van der Waals surface area contributed by atoms with E-state index >= 15 is 0 Å². The number of nitrogens with zero attached hydrogens (tertiary/aromatic N) is 2. The van der Waals surface area contributed by atoms with E-state index < -0.39 is 0 Å². The number of carbonyl (C=O) groups is 1. The Morgan fingerprint density at radius 3 is 2.63 bits per heavy atom. The molecule has 0 bridgehead atoms. The average Bonchev–Trinajstić information content (AvgIpc) is 2.74. The number of fused-ring (bicyclic) bond motifs is 1. The average molecular weight is 387 g/mol. The number of rotatable bonds is 5.